The molecule has 1 aliphatic rings. The molecule has 0 N–H and O–H groups in total. The molecule has 0 radical (unpaired) electrons. The fourth-order valence-electron chi connectivity index (χ4n) is 2.75. The summed E-state index contributed by atoms with van der Waals surface area (Å²) in [5.74, 6) is 2.59. The molecule has 0 amide bonds. The normalized spacial score (nSPS) is 33.4. The number of carbonyl (C=O) groups excluding carboxylic acids is 1. The van der Waals surface area contributed by atoms with Crippen molar-refractivity contribution < 1.29 is 4.79 Å². The van der Waals surface area contributed by atoms with E-state index in [9.17, 15) is 4.79 Å². The largest absolute Gasteiger partial charge is 0.299 e. The van der Waals surface area contributed by atoms with Gasteiger partial charge in [0.1, 0.15) is 5.78 Å². The van der Waals surface area contributed by atoms with Crippen LogP contribution >= 0.6 is 0 Å². The van der Waals surface area contributed by atoms with Crippen molar-refractivity contribution >= 4 is 5.78 Å². The Hall–Kier alpha value is -0.330. The van der Waals surface area contributed by atoms with E-state index in [2.05, 4.69) is 13.8 Å². The summed E-state index contributed by atoms with van der Waals surface area (Å²) in [6.07, 6.45) is 4.82. The molecule has 1 unspecified atom stereocenters. The third kappa shape index (κ3) is 2.59. The van der Waals surface area contributed by atoms with Gasteiger partial charge in [-0.15, -0.1) is 0 Å². The van der Waals surface area contributed by atoms with Crippen LogP contribution in [0, 0.1) is 23.7 Å². The summed E-state index contributed by atoms with van der Waals surface area (Å²) in [5, 5.41) is 0. The Morgan fingerprint density at radius 2 is 2.00 bits per heavy atom. The van der Waals surface area contributed by atoms with E-state index in [4.69, 9.17) is 0 Å². The average molecular weight is 196 g/mol. The van der Waals surface area contributed by atoms with Gasteiger partial charge in [0, 0.05) is 11.8 Å². The third-order valence-corrected chi connectivity index (χ3v) is 3.70. The third-order valence-electron chi connectivity index (χ3n) is 3.70. The maximum atomic E-state index is 12.0. The van der Waals surface area contributed by atoms with Crippen molar-refractivity contribution in [2.45, 2.75) is 53.4 Å². The second-order valence-electron chi connectivity index (χ2n) is 5.25. The van der Waals surface area contributed by atoms with Crippen LogP contribution in [0.15, 0.2) is 0 Å². The SMILES string of the molecule is CCC1C[C@@H](C)CC[C@@H]1C(=O)C(C)C. The van der Waals surface area contributed by atoms with Crippen molar-refractivity contribution in [1.82, 2.24) is 0 Å². The predicted molar refractivity (Wildman–Crippen MR) is 60.1 cm³/mol. The summed E-state index contributed by atoms with van der Waals surface area (Å²) >= 11 is 0. The second kappa shape index (κ2) is 4.95. The molecule has 0 saturated heterocycles. The Kier molecular flexibility index (Phi) is 4.15. The molecular weight excluding hydrogens is 172 g/mol. The van der Waals surface area contributed by atoms with Gasteiger partial charge in [0.2, 0.25) is 0 Å². The maximum Gasteiger partial charge on any atom is 0.138 e. The van der Waals surface area contributed by atoms with Crippen LogP contribution in [0.2, 0.25) is 0 Å². The Balaban J connectivity index is 2.63. The van der Waals surface area contributed by atoms with E-state index in [1.165, 1.54) is 19.3 Å². The van der Waals surface area contributed by atoms with Crippen LogP contribution in [0.1, 0.15) is 53.4 Å². The quantitative estimate of drug-likeness (QED) is 0.673. The molecule has 0 bridgehead atoms. The lowest BCUT2D eigenvalue weighted by Gasteiger charge is -2.34. The number of hydrogen-bond acceptors (Lipinski definition) is 1. The average Bonchev–Trinajstić information content (AvgIpc) is 2.16. The van der Waals surface area contributed by atoms with Crippen molar-refractivity contribution in [2.75, 3.05) is 0 Å². The van der Waals surface area contributed by atoms with Crippen LogP contribution in [0.5, 0.6) is 0 Å². The van der Waals surface area contributed by atoms with Crippen LogP contribution in [-0.4, -0.2) is 5.78 Å². The van der Waals surface area contributed by atoms with Gasteiger partial charge in [0.25, 0.3) is 0 Å². The number of hydrogen-bond donors (Lipinski definition) is 0. The Morgan fingerprint density at radius 3 is 2.50 bits per heavy atom. The number of rotatable bonds is 3. The van der Waals surface area contributed by atoms with Gasteiger partial charge in [0.05, 0.1) is 0 Å². The van der Waals surface area contributed by atoms with Crippen molar-refractivity contribution in [3.63, 3.8) is 0 Å². The van der Waals surface area contributed by atoms with E-state index in [1.807, 2.05) is 13.8 Å². The zero-order valence-corrected chi connectivity index (χ0v) is 10.0. The summed E-state index contributed by atoms with van der Waals surface area (Å²) < 4.78 is 0. The first-order valence-electron chi connectivity index (χ1n) is 6.10. The summed E-state index contributed by atoms with van der Waals surface area (Å²) in [4.78, 5) is 12.0. The van der Waals surface area contributed by atoms with Crippen LogP contribution < -0.4 is 0 Å². The van der Waals surface area contributed by atoms with Gasteiger partial charge in [-0.1, -0.05) is 40.5 Å². The highest BCUT2D eigenvalue weighted by Crippen LogP contribution is 2.37. The second-order valence-corrected chi connectivity index (χ2v) is 5.25. The monoisotopic (exact) mass is 196 g/mol. The summed E-state index contributed by atoms with van der Waals surface area (Å²) in [6.45, 7) is 8.61. The summed E-state index contributed by atoms with van der Waals surface area (Å²) in [6, 6.07) is 0. The van der Waals surface area contributed by atoms with Gasteiger partial charge in [-0.25, -0.2) is 0 Å². The Bertz CT molecular complexity index is 195. The smallest absolute Gasteiger partial charge is 0.138 e. The molecule has 1 fully saturated rings. The van der Waals surface area contributed by atoms with Gasteiger partial charge in [-0.3, -0.25) is 4.79 Å². The van der Waals surface area contributed by atoms with Crippen molar-refractivity contribution in [3.8, 4) is 0 Å². The molecule has 14 heavy (non-hydrogen) atoms. The predicted octanol–water partition coefficient (Wildman–Crippen LogP) is 3.67. The van der Waals surface area contributed by atoms with Crippen LogP contribution in [0.3, 0.4) is 0 Å². The minimum absolute atomic E-state index is 0.224. The van der Waals surface area contributed by atoms with E-state index >= 15 is 0 Å². The van der Waals surface area contributed by atoms with E-state index in [0.29, 0.717) is 17.6 Å². The van der Waals surface area contributed by atoms with E-state index in [-0.39, 0.29) is 5.92 Å². The molecule has 0 aromatic rings. The number of Topliss-reactive ketones (excluding diaryl/α,β-unsaturated/α-hetero) is 1. The lowest BCUT2D eigenvalue weighted by molar-refractivity contribution is -0.129. The van der Waals surface area contributed by atoms with Crippen LogP contribution in [-0.2, 0) is 4.79 Å². The highest BCUT2D eigenvalue weighted by molar-refractivity contribution is 5.83. The first-order valence-corrected chi connectivity index (χ1v) is 6.10. The number of ketones is 1. The van der Waals surface area contributed by atoms with Gasteiger partial charge in [0.15, 0.2) is 0 Å². The molecule has 0 aromatic heterocycles. The standard InChI is InChI=1S/C13H24O/c1-5-11-8-10(4)6-7-12(11)13(14)9(2)3/h9-12H,5-8H2,1-4H3/t10-,11?,12-/m0/s1. The van der Waals surface area contributed by atoms with Gasteiger partial charge in [-0.2, -0.15) is 0 Å². The van der Waals surface area contributed by atoms with Crippen LogP contribution in [0.4, 0.5) is 0 Å². The van der Waals surface area contributed by atoms with Gasteiger partial charge in [-0.05, 0) is 24.7 Å². The highest BCUT2D eigenvalue weighted by atomic mass is 16.1. The molecule has 1 nitrogen and oxygen atoms in total. The lowest BCUT2D eigenvalue weighted by Crippen LogP contribution is -2.32. The molecule has 1 rings (SSSR count). The van der Waals surface area contributed by atoms with E-state index in [0.717, 1.165) is 12.3 Å². The molecule has 3 atom stereocenters. The molecule has 1 saturated carbocycles. The lowest BCUT2D eigenvalue weighted by atomic mass is 9.70. The molecule has 0 heterocycles. The fraction of sp³-hybridized carbons (Fsp3) is 0.923. The highest BCUT2D eigenvalue weighted by Gasteiger charge is 2.32. The summed E-state index contributed by atoms with van der Waals surface area (Å²) in [7, 11) is 0. The Labute approximate surface area is 88.3 Å². The molecule has 0 spiro atoms. The van der Waals surface area contributed by atoms with E-state index in [1.54, 1.807) is 0 Å². The first kappa shape index (κ1) is 11.7. The minimum Gasteiger partial charge on any atom is -0.299 e. The fourth-order valence-corrected chi connectivity index (χ4v) is 2.75. The molecule has 0 aromatic carbocycles. The Morgan fingerprint density at radius 1 is 1.36 bits per heavy atom. The van der Waals surface area contributed by atoms with Gasteiger partial charge >= 0.3 is 0 Å². The molecule has 0 aliphatic heterocycles. The van der Waals surface area contributed by atoms with Crippen molar-refractivity contribution in [1.29, 1.82) is 0 Å². The zero-order chi connectivity index (χ0) is 10.7. The minimum atomic E-state index is 0.224. The van der Waals surface area contributed by atoms with Gasteiger partial charge < -0.3 is 0 Å². The van der Waals surface area contributed by atoms with Crippen molar-refractivity contribution in [2.24, 2.45) is 23.7 Å². The van der Waals surface area contributed by atoms with E-state index < -0.39 is 0 Å². The molecule has 1 heteroatoms. The molecule has 1 aliphatic carbocycles. The van der Waals surface area contributed by atoms with Crippen LogP contribution in [0.25, 0.3) is 0 Å². The maximum absolute atomic E-state index is 12.0. The summed E-state index contributed by atoms with van der Waals surface area (Å²) in [5.41, 5.74) is 0. The van der Waals surface area contributed by atoms with Crippen molar-refractivity contribution in [3.05, 3.63) is 0 Å². The number of carbonyl (C=O) groups is 1. The molecule has 82 valence electrons. The first-order chi connectivity index (χ1) is 6.56. The zero-order valence-electron chi connectivity index (χ0n) is 10.0. The topological polar surface area (TPSA) is 17.1 Å². The molecular formula is C13H24O.